The normalized spacial score (nSPS) is 9.71. The van der Waals surface area contributed by atoms with E-state index < -0.39 is 0 Å². The van der Waals surface area contributed by atoms with E-state index in [0.717, 1.165) is 17.7 Å². The van der Waals surface area contributed by atoms with E-state index in [4.69, 9.17) is 0 Å². The fourth-order valence-corrected chi connectivity index (χ4v) is 1.03. The molecule has 2 nitrogen and oxygen atoms in total. The third kappa shape index (κ3) is 3.12. The Bertz CT molecular complexity index is 372. The highest BCUT2D eigenvalue weighted by molar-refractivity contribution is 5.42. The molecule has 0 atom stereocenters. The van der Waals surface area contributed by atoms with Crippen molar-refractivity contribution >= 4 is 0 Å². The topological polar surface area (TPSA) is 23.5 Å². The maximum absolute atomic E-state index is 9.30. The van der Waals surface area contributed by atoms with Gasteiger partial charge in [-0.3, -0.25) is 4.90 Å². The Balaban J connectivity index is 2.76. The maximum Gasteiger partial charge on any atom is 0.118 e. The zero-order valence-electron chi connectivity index (χ0n) is 8.83. The highest BCUT2D eigenvalue weighted by Crippen LogP contribution is 2.15. The molecule has 0 bridgehead atoms. The standard InChI is InChI=1S/C12H15NO/c1-10-9-11(6-7-12(10)14)5-4-8-13(2)3/h6-7,9,14H,8H2,1-3H3. The summed E-state index contributed by atoms with van der Waals surface area (Å²) >= 11 is 0. The highest BCUT2D eigenvalue weighted by Gasteiger charge is 1.94. The summed E-state index contributed by atoms with van der Waals surface area (Å²) in [6.07, 6.45) is 0. The van der Waals surface area contributed by atoms with Crippen LogP contribution in [0.1, 0.15) is 11.1 Å². The van der Waals surface area contributed by atoms with E-state index in [1.807, 2.05) is 38.1 Å². The van der Waals surface area contributed by atoms with Gasteiger partial charge in [-0.1, -0.05) is 11.8 Å². The minimum Gasteiger partial charge on any atom is -0.508 e. The number of phenolic OH excluding ortho intramolecular Hbond substituents is 1. The third-order valence-electron chi connectivity index (χ3n) is 1.82. The van der Waals surface area contributed by atoms with Crippen molar-refractivity contribution in [2.75, 3.05) is 20.6 Å². The first kappa shape index (κ1) is 10.6. The second-order valence-electron chi connectivity index (χ2n) is 3.54. The lowest BCUT2D eigenvalue weighted by Gasteiger charge is -2.01. The van der Waals surface area contributed by atoms with E-state index >= 15 is 0 Å². The average Bonchev–Trinajstić information content (AvgIpc) is 2.10. The van der Waals surface area contributed by atoms with Crippen LogP contribution in [0.2, 0.25) is 0 Å². The highest BCUT2D eigenvalue weighted by atomic mass is 16.3. The molecule has 0 radical (unpaired) electrons. The van der Waals surface area contributed by atoms with E-state index in [1.54, 1.807) is 6.07 Å². The molecule has 0 spiro atoms. The third-order valence-corrected chi connectivity index (χ3v) is 1.82. The van der Waals surface area contributed by atoms with E-state index in [-0.39, 0.29) is 0 Å². The van der Waals surface area contributed by atoms with Crippen molar-refractivity contribution in [1.82, 2.24) is 4.90 Å². The Labute approximate surface area is 85.2 Å². The van der Waals surface area contributed by atoms with Gasteiger partial charge in [-0.15, -0.1) is 0 Å². The molecular weight excluding hydrogens is 174 g/mol. The zero-order valence-corrected chi connectivity index (χ0v) is 8.83. The molecule has 0 heterocycles. The van der Waals surface area contributed by atoms with Crippen molar-refractivity contribution < 1.29 is 5.11 Å². The molecule has 1 rings (SSSR count). The summed E-state index contributed by atoms with van der Waals surface area (Å²) in [6.45, 7) is 2.62. The molecule has 1 aromatic rings. The molecule has 0 fully saturated rings. The summed E-state index contributed by atoms with van der Waals surface area (Å²) in [5.74, 6) is 6.41. The van der Waals surface area contributed by atoms with E-state index in [0.29, 0.717) is 5.75 Å². The second-order valence-corrected chi connectivity index (χ2v) is 3.54. The van der Waals surface area contributed by atoms with Crippen molar-refractivity contribution in [2.24, 2.45) is 0 Å². The molecule has 0 aromatic heterocycles. The molecule has 1 aromatic carbocycles. The van der Waals surface area contributed by atoms with E-state index in [1.165, 1.54) is 0 Å². The fourth-order valence-electron chi connectivity index (χ4n) is 1.03. The van der Waals surface area contributed by atoms with Gasteiger partial charge < -0.3 is 5.11 Å². The smallest absolute Gasteiger partial charge is 0.118 e. The van der Waals surface area contributed by atoms with Crippen molar-refractivity contribution in [3.8, 4) is 17.6 Å². The van der Waals surface area contributed by atoms with Crippen LogP contribution in [0, 0.1) is 18.8 Å². The van der Waals surface area contributed by atoms with Gasteiger partial charge in [0.05, 0.1) is 6.54 Å². The Hall–Kier alpha value is -1.46. The quantitative estimate of drug-likeness (QED) is 0.678. The van der Waals surface area contributed by atoms with Gasteiger partial charge in [0.15, 0.2) is 0 Å². The minimum absolute atomic E-state index is 0.322. The van der Waals surface area contributed by atoms with Crippen LogP contribution in [0.15, 0.2) is 18.2 Å². The lowest BCUT2D eigenvalue weighted by atomic mass is 10.1. The summed E-state index contributed by atoms with van der Waals surface area (Å²) in [5, 5.41) is 9.30. The van der Waals surface area contributed by atoms with Gasteiger partial charge >= 0.3 is 0 Å². The molecule has 0 amide bonds. The molecule has 2 heteroatoms. The van der Waals surface area contributed by atoms with Crippen LogP contribution >= 0.6 is 0 Å². The van der Waals surface area contributed by atoms with Crippen molar-refractivity contribution in [1.29, 1.82) is 0 Å². The lowest BCUT2D eigenvalue weighted by Crippen LogP contribution is -2.10. The Morgan fingerprint density at radius 3 is 2.64 bits per heavy atom. The van der Waals surface area contributed by atoms with Gasteiger partial charge in [0, 0.05) is 5.56 Å². The van der Waals surface area contributed by atoms with Crippen LogP contribution in [-0.2, 0) is 0 Å². The van der Waals surface area contributed by atoms with Crippen LogP contribution in [-0.4, -0.2) is 30.6 Å². The molecule has 0 aliphatic rings. The second kappa shape index (κ2) is 4.69. The number of rotatable bonds is 1. The maximum atomic E-state index is 9.30. The van der Waals surface area contributed by atoms with Crippen molar-refractivity contribution in [3.05, 3.63) is 29.3 Å². The molecular formula is C12H15NO. The Morgan fingerprint density at radius 2 is 2.07 bits per heavy atom. The van der Waals surface area contributed by atoms with Gasteiger partial charge in [0.2, 0.25) is 0 Å². The molecule has 0 saturated carbocycles. The number of nitrogens with zero attached hydrogens (tertiary/aromatic N) is 1. The van der Waals surface area contributed by atoms with Crippen LogP contribution in [0.5, 0.6) is 5.75 Å². The van der Waals surface area contributed by atoms with Crippen molar-refractivity contribution in [2.45, 2.75) is 6.92 Å². The SMILES string of the molecule is Cc1cc(C#CCN(C)C)ccc1O. The zero-order chi connectivity index (χ0) is 10.6. The Kier molecular flexibility index (Phi) is 3.55. The van der Waals surface area contributed by atoms with Gasteiger partial charge in [-0.2, -0.15) is 0 Å². The Morgan fingerprint density at radius 1 is 1.36 bits per heavy atom. The first-order chi connectivity index (χ1) is 6.59. The number of benzene rings is 1. The van der Waals surface area contributed by atoms with Gasteiger partial charge in [-0.25, -0.2) is 0 Å². The summed E-state index contributed by atoms with van der Waals surface area (Å²) in [6, 6.07) is 5.39. The van der Waals surface area contributed by atoms with E-state index in [9.17, 15) is 5.11 Å². The first-order valence-corrected chi connectivity index (χ1v) is 4.53. The van der Waals surface area contributed by atoms with Gasteiger partial charge in [-0.05, 0) is 44.8 Å². The van der Waals surface area contributed by atoms with E-state index in [2.05, 4.69) is 11.8 Å². The molecule has 74 valence electrons. The summed E-state index contributed by atoms with van der Waals surface area (Å²) in [4.78, 5) is 2.01. The first-order valence-electron chi connectivity index (χ1n) is 4.53. The molecule has 0 unspecified atom stereocenters. The number of phenols is 1. The minimum atomic E-state index is 0.322. The lowest BCUT2D eigenvalue weighted by molar-refractivity contribution is 0.464. The number of hydrogen-bond donors (Lipinski definition) is 1. The molecule has 0 aliphatic heterocycles. The summed E-state index contributed by atoms with van der Waals surface area (Å²) in [7, 11) is 3.97. The number of aromatic hydroxyl groups is 1. The van der Waals surface area contributed by atoms with Crippen LogP contribution in [0.3, 0.4) is 0 Å². The van der Waals surface area contributed by atoms with Crippen molar-refractivity contribution in [3.63, 3.8) is 0 Å². The van der Waals surface area contributed by atoms with Crippen LogP contribution in [0.25, 0.3) is 0 Å². The summed E-state index contributed by atoms with van der Waals surface area (Å²) in [5.41, 5.74) is 1.81. The molecule has 0 aliphatic carbocycles. The largest absolute Gasteiger partial charge is 0.508 e. The number of hydrogen-bond acceptors (Lipinski definition) is 2. The predicted octanol–water partition coefficient (Wildman–Crippen LogP) is 1.61. The monoisotopic (exact) mass is 189 g/mol. The summed E-state index contributed by atoms with van der Waals surface area (Å²) < 4.78 is 0. The molecule has 1 N–H and O–H groups in total. The molecule has 14 heavy (non-hydrogen) atoms. The average molecular weight is 189 g/mol. The predicted molar refractivity (Wildman–Crippen MR) is 58.3 cm³/mol. The van der Waals surface area contributed by atoms with Gasteiger partial charge in [0.1, 0.15) is 5.75 Å². The van der Waals surface area contributed by atoms with Crippen LogP contribution < -0.4 is 0 Å². The molecule has 0 saturated heterocycles. The number of aryl methyl sites for hydroxylation is 1. The fraction of sp³-hybridized carbons (Fsp3) is 0.333. The van der Waals surface area contributed by atoms with Crippen LogP contribution in [0.4, 0.5) is 0 Å². The van der Waals surface area contributed by atoms with Gasteiger partial charge in [0.25, 0.3) is 0 Å².